The van der Waals surface area contributed by atoms with Crippen LogP contribution in [0.1, 0.15) is 18.0 Å². The number of halogens is 3. The fraction of sp³-hybridized carbons (Fsp3) is 0.455. The topological polar surface area (TPSA) is 3.01 Å². The van der Waals surface area contributed by atoms with Crippen molar-refractivity contribution in [3.05, 3.63) is 35.9 Å². The summed E-state index contributed by atoms with van der Waals surface area (Å²) in [5, 5.41) is 0. The van der Waals surface area contributed by atoms with Gasteiger partial charge in [-0.1, -0.05) is 30.3 Å². The molecule has 4 heteroatoms. The predicted octanol–water partition coefficient (Wildman–Crippen LogP) is 3.00. The first kappa shape index (κ1) is 10.5. The van der Waals surface area contributed by atoms with Crippen LogP contribution in [0.5, 0.6) is 0 Å². The molecule has 1 heterocycles. The Kier molecular flexibility index (Phi) is 2.69. The number of hydrogen-bond acceptors (Lipinski definition) is 1. The standard InChI is InChI=1S/C11H12F3N/c12-11(13,14)8-10(15-6-7-15)9-4-2-1-3-5-9/h1-5,10H,6-8H2. The summed E-state index contributed by atoms with van der Waals surface area (Å²) in [5.74, 6) is 0. The monoisotopic (exact) mass is 215 g/mol. The molecule has 0 amide bonds. The van der Waals surface area contributed by atoms with Crippen molar-refractivity contribution in [1.82, 2.24) is 4.90 Å². The van der Waals surface area contributed by atoms with Crippen molar-refractivity contribution in [2.24, 2.45) is 0 Å². The lowest BCUT2D eigenvalue weighted by molar-refractivity contribution is -0.143. The van der Waals surface area contributed by atoms with Crippen LogP contribution in [0.25, 0.3) is 0 Å². The van der Waals surface area contributed by atoms with E-state index >= 15 is 0 Å². The quantitative estimate of drug-likeness (QED) is 0.700. The molecule has 1 aliphatic rings. The molecular formula is C11H12F3N. The van der Waals surface area contributed by atoms with Gasteiger partial charge in [-0.3, -0.25) is 4.90 Å². The van der Waals surface area contributed by atoms with Gasteiger partial charge in [-0.15, -0.1) is 0 Å². The summed E-state index contributed by atoms with van der Waals surface area (Å²) in [4.78, 5) is 1.84. The van der Waals surface area contributed by atoms with Crippen molar-refractivity contribution < 1.29 is 13.2 Å². The van der Waals surface area contributed by atoms with Crippen LogP contribution in [-0.2, 0) is 0 Å². The Bertz CT molecular complexity index is 316. The summed E-state index contributed by atoms with van der Waals surface area (Å²) >= 11 is 0. The summed E-state index contributed by atoms with van der Waals surface area (Å²) in [6, 6.07) is 8.40. The molecule has 1 aromatic rings. The van der Waals surface area contributed by atoms with E-state index in [1.165, 1.54) is 0 Å². The molecular weight excluding hydrogens is 203 g/mol. The maximum atomic E-state index is 12.4. The molecule has 1 nitrogen and oxygen atoms in total. The minimum Gasteiger partial charge on any atom is -0.293 e. The van der Waals surface area contributed by atoms with E-state index in [-0.39, 0.29) is 0 Å². The van der Waals surface area contributed by atoms with Crippen molar-refractivity contribution in [3.8, 4) is 0 Å². The van der Waals surface area contributed by atoms with Crippen molar-refractivity contribution in [2.75, 3.05) is 13.1 Å². The van der Waals surface area contributed by atoms with Gasteiger partial charge in [0.2, 0.25) is 0 Å². The maximum Gasteiger partial charge on any atom is 0.390 e. The molecule has 1 atom stereocenters. The van der Waals surface area contributed by atoms with Crippen molar-refractivity contribution in [1.29, 1.82) is 0 Å². The molecule has 82 valence electrons. The molecule has 15 heavy (non-hydrogen) atoms. The maximum absolute atomic E-state index is 12.4. The molecule has 0 radical (unpaired) electrons. The molecule has 0 saturated carbocycles. The van der Waals surface area contributed by atoms with Crippen LogP contribution in [0.3, 0.4) is 0 Å². The Labute approximate surface area is 86.5 Å². The van der Waals surface area contributed by atoms with Crippen LogP contribution < -0.4 is 0 Å². The zero-order valence-electron chi connectivity index (χ0n) is 8.17. The highest BCUT2D eigenvalue weighted by molar-refractivity contribution is 5.20. The van der Waals surface area contributed by atoms with E-state index in [2.05, 4.69) is 0 Å². The summed E-state index contributed by atoms with van der Waals surface area (Å²) in [5.41, 5.74) is 0.757. The fourth-order valence-corrected chi connectivity index (χ4v) is 1.72. The Hall–Kier alpha value is -1.03. The smallest absolute Gasteiger partial charge is 0.293 e. The number of nitrogens with zero attached hydrogens (tertiary/aromatic N) is 1. The molecule has 0 aliphatic carbocycles. The predicted molar refractivity (Wildman–Crippen MR) is 51.4 cm³/mol. The Morgan fingerprint density at radius 3 is 2.20 bits per heavy atom. The van der Waals surface area contributed by atoms with Gasteiger partial charge < -0.3 is 0 Å². The normalized spacial score (nSPS) is 18.9. The lowest BCUT2D eigenvalue weighted by atomic mass is 10.0. The van der Waals surface area contributed by atoms with E-state index in [0.29, 0.717) is 0 Å². The zero-order valence-corrected chi connectivity index (χ0v) is 8.17. The summed E-state index contributed by atoms with van der Waals surface area (Å²) in [7, 11) is 0. The average molecular weight is 215 g/mol. The molecule has 0 N–H and O–H groups in total. The van der Waals surface area contributed by atoms with E-state index in [0.717, 1.165) is 18.7 Å². The molecule has 0 bridgehead atoms. The van der Waals surface area contributed by atoms with Crippen molar-refractivity contribution in [2.45, 2.75) is 18.6 Å². The number of rotatable bonds is 3. The van der Waals surface area contributed by atoms with E-state index in [4.69, 9.17) is 0 Å². The highest BCUT2D eigenvalue weighted by atomic mass is 19.4. The van der Waals surface area contributed by atoms with Gasteiger partial charge in [0.25, 0.3) is 0 Å². The van der Waals surface area contributed by atoms with Gasteiger partial charge in [0.1, 0.15) is 0 Å². The first-order valence-electron chi connectivity index (χ1n) is 4.92. The van der Waals surface area contributed by atoms with Gasteiger partial charge in [0.15, 0.2) is 0 Å². The molecule has 0 aromatic heterocycles. The van der Waals surface area contributed by atoms with Crippen LogP contribution in [0.4, 0.5) is 13.2 Å². The molecule has 1 fully saturated rings. The molecule has 1 aromatic carbocycles. The first-order valence-corrected chi connectivity index (χ1v) is 4.92. The van der Waals surface area contributed by atoms with E-state index in [1.54, 1.807) is 24.3 Å². The minimum absolute atomic E-state index is 0.494. The Balaban J connectivity index is 2.13. The first-order chi connectivity index (χ1) is 7.06. The van der Waals surface area contributed by atoms with E-state index < -0.39 is 18.6 Å². The Morgan fingerprint density at radius 2 is 1.73 bits per heavy atom. The van der Waals surface area contributed by atoms with Gasteiger partial charge in [0.05, 0.1) is 6.42 Å². The third-order valence-corrected chi connectivity index (χ3v) is 2.53. The van der Waals surface area contributed by atoms with E-state index in [9.17, 15) is 13.2 Å². The SMILES string of the molecule is FC(F)(F)CC(c1ccccc1)N1CC1. The van der Waals surface area contributed by atoms with E-state index in [1.807, 2.05) is 11.0 Å². The molecule has 2 rings (SSSR count). The van der Waals surface area contributed by atoms with Crippen LogP contribution in [0, 0.1) is 0 Å². The minimum atomic E-state index is -4.09. The third kappa shape index (κ3) is 2.96. The second-order valence-corrected chi connectivity index (χ2v) is 3.78. The third-order valence-electron chi connectivity index (χ3n) is 2.53. The van der Waals surface area contributed by atoms with Crippen LogP contribution in [-0.4, -0.2) is 24.2 Å². The van der Waals surface area contributed by atoms with Gasteiger partial charge in [-0.05, 0) is 5.56 Å². The zero-order chi connectivity index (χ0) is 10.9. The summed E-state index contributed by atoms with van der Waals surface area (Å²) in [6.45, 7) is 1.55. The lowest BCUT2D eigenvalue weighted by Crippen LogP contribution is -2.19. The summed E-state index contributed by atoms with van der Waals surface area (Å²) in [6.07, 6.45) is -4.85. The average Bonchev–Trinajstić information content (AvgIpc) is 2.97. The van der Waals surface area contributed by atoms with Crippen LogP contribution in [0.15, 0.2) is 30.3 Å². The summed E-state index contributed by atoms with van der Waals surface area (Å²) < 4.78 is 37.1. The van der Waals surface area contributed by atoms with Crippen LogP contribution in [0.2, 0.25) is 0 Å². The largest absolute Gasteiger partial charge is 0.390 e. The second-order valence-electron chi connectivity index (χ2n) is 3.78. The fourth-order valence-electron chi connectivity index (χ4n) is 1.72. The molecule has 1 saturated heterocycles. The number of alkyl halides is 3. The van der Waals surface area contributed by atoms with Crippen molar-refractivity contribution in [3.63, 3.8) is 0 Å². The molecule has 0 spiro atoms. The molecule has 1 unspecified atom stereocenters. The Morgan fingerprint density at radius 1 is 1.13 bits per heavy atom. The van der Waals surface area contributed by atoms with Gasteiger partial charge in [-0.2, -0.15) is 13.2 Å². The lowest BCUT2D eigenvalue weighted by Gasteiger charge is -2.20. The molecule has 1 aliphatic heterocycles. The number of benzene rings is 1. The van der Waals surface area contributed by atoms with Crippen molar-refractivity contribution >= 4 is 0 Å². The van der Waals surface area contributed by atoms with Gasteiger partial charge in [-0.25, -0.2) is 0 Å². The number of hydrogen-bond donors (Lipinski definition) is 0. The highest BCUT2D eigenvalue weighted by Gasteiger charge is 2.38. The highest BCUT2D eigenvalue weighted by Crippen LogP contribution is 2.36. The van der Waals surface area contributed by atoms with Crippen LogP contribution >= 0.6 is 0 Å². The second kappa shape index (κ2) is 3.85. The van der Waals surface area contributed by atoms with Gasteiger partial charge >= 0.3 is 6.18 Å². The van der Waals surface area contributed by atoms with Gasteiger partial charge in [0, 0.05) is 19.1 Å².